The lowest BCUT2D eigenvalue weighted by atomic mass is 9.97. The van der Waals surface area contributed by atoms with Gasteiger partial charge in [-0.3, -0.25) is 4.79 Å². The van der Waals surface area contributed by atoms with E-state index in [0.29, 0.717) is 46.7 Å². The Hall–Kier alpha value is -2.16. The van der Waals surface area contributed by atoms with Crippen LogP contribution in [-0.2, 0) is 16.2 Å². The number of rotatable bonds is 5. The van der Waals surface area contributed by atoms with Gasteiger partial charge in [0, 0.05) is 41.6 Å². The maximum Gasteiger partial charge on any atom is 0.330 e. The SMILES string of the molecule is COc1cc(Cl)ccc1C(=O)N=c1sc(C)cn1CC1CN(OC(=O)C(C)(C)C)C1. The molecule has 30 heavy (non-hydrogen) atoms. The van der Waals surface area contributed by atoms with Gasteiger partial charge in [0.15, 0.2) is 4.80 Å². The van der Waals surface area contributed by atoms with Gasteiger partial charge in [-0.05, 0) is 45.9 Å². The number of nitrogens with zero attached hydrogens (tertiary/aromatic N) is 3. The summed E-state index contributed by atoms with van der Waals surface area (Å²) in [7, 11) is 1.49. The Bertz CT molecular complexity index is 1020. The lowest BCUT2D eigenvalue weighted by Gasteiger charge is -2.38. The van der Waals surface area contributed by atoms with Gasteiger partial charge in [0.1, 0.15) is 5.75 Å². The molecule has 1 amide bonds. The van der Waals surface area contributed by atoms with Gasteiger partial charge in [-0.2, -0.15) is 4.99 Å². The molecule has 1 aliphatic heterocycles. The van der Waals surface area contributed by atoms with E-state index in [-0.39, 0.29) is 11.9 Å². The first kappa shape index (κ1) is 22.5. The van der Waals surface area contributed by atoms with Gasteiger partial charge in [-0.25, -0.2) is 4.79 Å². The maximum atomic E-state index is 12.7. The lowest BCUT2D eigenvalue weighted by Crippen LogP contribution is -2.50. The van der Waals surface area contributed by atoms with E-state index in [0.717, 1.165) is 4.88 Å². The molecule has 0 spiro atoms. The number of carbonyl (C=O) groups is 2. The Balaban J connectivity index is 1.70. The molecule has 0 atom stereocenters. The zero-order chi connectivity index (χ0) is 22.1. The van der Waals surface area contributed by atoms with Crippen LogP contribution in [0.4, 0.5) is 0 Å². The monoisotopic (exact) mass is 451 g/mol. The van der Waals surface area contributed by atoms with Crippen LogP contribution in [0.5, 0.6) is 5.75 Å². The summed E-state index contributed by atoms with van der Waals surface area (Å²) in [6, 6.07) is 4.85. The van der Waals surface area contributed by atoms with Crippen LogP contribution in [0, 0.1) is 18.3 Å². The number of hydrogen-bond donors (Lipinski definition) is 0. The highest BCUT2D eigenvalue weighted by Gasteiger charge is 2.33. The van der Waals surface area contributed by atoms with Crippen LogP contribution in [0.15, 0.2) is 29.4 Å². The molecule has 0 saturated carbocycles. The fourth-order valence-electron chi connectivity index (χ4n) is 2.96. The van der Waals surface area contributed by atoms with Crippen molar-refractivity contribution in [3.63, 3.8) is 0 Å². The Morgan fingerprint density at radius 1 is 1.30 bits per heavy atom. The minimum absolute atomic E-state index is 0.238. The quantitative estimate of drug-likeness (QED) is 0.693. The Morgan fingerprint density at radius 3 is 2.63 bits per heavy atom. The molecule has 1 aromatic heterocycles. The van der Waals surface area contributed by atoms with E-state index < -0.39 is 5.41 Å². The predicted molar refractivity (Wildman–Crippen MR) is 116 cm³/mol. The second-order valence-corrected chi connectivity index (χ2v) is 10.0. The molecule has 162 valence electrons. The fourth-order valence-corrected chi connectivity index (χ4v) is 3.96. The van der Waals surface area contributed by atoms with Crippen molar-refractivity contribution < 1.29 is 19.2 Å². The first-order chi connectivity index (χ1) is 14.1. The molecule has 0 unspecified atom stereocenters. The normalized spacial score (nSPS) is 15.7. The topological polar surface area (TPSA) is 73.1 Å². The van der Waals surface area contributed by atoms with Crippen molar-refractivity contribution in [2.45, 2.75) is 34.2 Å². The molecule has 7 nitrogen and oxygen atoms in total. The third-order valence-corrected chi connectivity index (χ3v) is 5.80. The number of methoxy groups -OCH3 is 1. The standard InChI is InChI=1S/C21H26ClN3O4S/c1-13-9-24(10-14-11-25(12-14)29-19(27)21(2,3)4)20(30-13)23-18(26)16-7-6-15(22)8-17(16)28-5/h6-9,14H,10-12H2,1-5H3. The smallest absolute Gasteiger partial charge is 0.330 e. The molecule has 3 rings (SSSR count). The first-order valence-corrected chi connectivity index (χ1v) is 10.8. The summed E-state index contributed by atoms with van der Waals surface area (Å²) in [5, 5.41) is 2.17. The Labute approximate surface area is 184 Å². The van der Waals surface area contributed by atoms with Crippen molar-refractivity contribution in [3.05, 3.63) is 44.7 Å². The van der Waals surface area contributed by atoms with Crippen LogP contribution < -0.4 is 9.54 Å². The molecule has 0 aliphatic carbocycles. The molecular formula is C21H26ClN3O4S. The van der Waals surface area contributed by atoms with Crippen LogP contribution >= 0.6 is 22.9 Å². The number of halogens is 1. The van der Waals surface area contributed by atoms with E-state index in [1.54, 1.807) is 23.3 Å². The van der Waals surface area contributed by atoms with Gasteiger partial charge in [-0.15, -0.1) is 16.4 Å². The van der Waals surface area contributed by atoms with Gasteiger partial charge < -0.3 is 14.1 Å². The number of amides is 1. The molecule has 1 fully saturated rings. The summed E-state index contributed by atoms with van der Waals surface area (Å²) < 4.78 is 7.24. The number of benzene rings is 1. The van der Waals surface area contributed by atoms with E-state index >= 15 is 0 Å². The molecule has 0 bridgehead atoms. The van der Waals surface area contributed by atoms with Gasteiger partial charge in [0.2, 0.25) is 0 Å². The zero-order valence-corrected chi connectivity index (χ0v) is 19.3. The van der Waals surface area contributed by atoms with Crippen molar-refractivity contribution in [1.82, 2.24) is 9.63 Å². The summed E-state index contributed by atoms with van der Waals surface area (Å²) in [6.07, 6.45) is 1.99. The molecule has 1 aliphatic rings. The van der Waals surface area contributed by atoms with Gasteiger partial charge in [-0.1, -0.05) is 11.6 Å². The number of carbonyl (C=O) groups excluding carboxylic acids is 2. The molecule has 9 heteroatoms. The molecule has 2 heterocycles. The summed E-state index contributed by atoms with van der Waals surface area (Å²) >= 11 is 7.43. The van der Waals surface area contributed by atoms with E-state index in [4.69, 9.17) is 21.2 Å². The second kappa shape index (κ2) is 8.91. The summed E-state index contributed by atoms with van der Waals surface area (Å²) in [5.74, 6) is 0.0869. The second-order valence-electron chi connectivity index (χ2n) is 8.38. The van der Waals surface area contributed by atoms with Gasteiger partial charge >= 0.3 is 5.97 Å². The van der Waals surface area contributed by atoms with Crippen molar-refractivity contribution in [3.8, 4) is 5.75 Å². The van der Waals surface area contributed by atoms with Crippen LogP contribution in [-0.4, -0.2) is 41.7 Å². The highest BCUT2D eigenvalue weighted by molar-refractivity contribution is 7.09. The van der Waals surface area contributed by atoms with Crippen molar-refractivity contribution >= 4 is 34.8 Å². The van der Waals surface area contributed by atoms with E-state index in [9.17, 15) is 9.59 Å². The number of thiazole rings is 1. The molecule has 1 saturated heterocycles. The van der Waals surface area contributed by atoms with Crippen LogP contribution in [0.25, 0.3) is 0 Å². The molecular weight excluding hydrogens is 426 g/mol. The Kier molecular flexibility index (Phi) is 6.69. The van der Waals surface area contributed by atoms with Crippen molar-refractivity contribution in [1.29, 1.82) is 0 Å². The molecule has 1 aromatic carbocycles. The fraction of sp³-hybridized carbons (Fsp3) is 0.476. The number of ether oxygens (including phenoxy) is 1. The van der Waals surface area contributed by atoms with Crippen LogP contribution in [0.1, 0.15) is 36.0 Å². The maximum absolute atomic E-state index is 12.7. The van der Waals surface area contributed by atoms with Crippen LogP contribution in [0.2, 0.25) is 5.02 Å². The molecule has 0 N–H and O–H groups in total. The first-order valence-electron chi connectivity index (χ1n) is 9.63. The summed E-state index contributed by atoms with van der Waals surface area (Å²) in [6.45, 7) is 9.47. The number of aryl methyl sites for hydroxylation is 1. The number of aromatic nitrogens is 1. The molecule has 2 aromatic rings. The third kappa shape index (κ3) is 5.30. The minimum Gasteiger partial charge on any atom is -0.496 e. The molecule has 0 radical (unpaired) electrons. The highest BCUT2D eigenvalue weighted by Crippen LogP contribution is 2.24. The van der Waals surface area contributed by atoms with Crippen LogP contribution in [0.3, 0.4) is 0 Å². The average molecular weight is 452 g/mol. The van der Waals surface area contributed by atoms with E-state index in [2.05, 4.69) is 4.99 Å². The largest absolute Gasteiger partial charge is 0.496 e. The van der Waals surface area contributed by atoms with E-state index in [1.165, 1.54) is 18.4 Å². The van der Waals surface area contributed by atoms with Crippen molar-refractivity contribution in [2.24, 2.45) is 16.3 Å². The van der Waals surface area contributed by atoms with Gasteiger partial charge in [0.25, 0.3) is 5.91 Å². The van der Waals surface area contributed by atoms with Crippen molar-refractivity contribution in [2.75, 3.05) is 20.2 Å². The van der Waals surface area contributed by atoms with E-state index in [1.807, 2.05) is 38.5 Å². The Morgan fingerprint density at radius 2 is 2.00 bits per heavy atom. The average Bonchev–Trinajstić information content (AvgIpc) is 2.97. The lowest BCUT2D eigenvalue weighted by molar-refractivity contribution is -0.229. The third-order valence-electron chi connectivity index (χ3n) is 4.63. The summed E-state index contributed by atoms with van der Waals surface area (Å²) in [5.41, 5.74) is -0.164. The van der Waals surface area contributed by atoms with Gasteiger partial charge in [0.05, 0.1) is 18.1 Å². The number of hydroxylamine groups is 2. The zero-order valence-electron chi connectivity index (χ0n) is 17.8. The predicted octanol–water partition coefficient (Wildman–Crippen LogP) is 3.70. The number of hydrogen-bond acceptors (Lipinski definition) is 6. The summed E-state index contributed by atoms with van der Waals surface area (Å²) in [4.78, 5) is 36.1. The minimum atomic E-state index is -0.528. The highest BCUT2D eigenvalue weighted by atomic mass is 35.5.